The maximum absolute atomic E-state index is 12.4. The summed E-state index contributed by atoms with van der Waals surface area (Å²) in [5.74, 6) is -1.72. The van der Waals surface area contributed by atoms with Crippen molar-refractivity contribution in [3.63, 3.8) is 0 Å². The molecule has 0 spiro atoms. The van der Waals surface area contributed by atoms with Crippen molar-refractivity contribution in [1.29, 1.82) is 0 Å². The van der Waals surface area contributed by atoms with E-state index >= 15 is 0 Å². The van der Waals surface area contributed by atoms with E-state index in [1.807, 2.05) is 0 Å². The van der Waals surface area contributed by atoms with E-state index in [0.29, 0.717) is 0 Å². The first-order chi connectivity index (χ1) is 9.52. The summed E-state index contributed by atoms with van der Waals surface area (Å²) in [6.45, 7) is 0. The topological polar surface area (TPSA) is 97.5 Å². The molecule has 1 aliphatic rings. The van der Waals surface area contributed by atoms with Crippen molar-refractivity contribution in [2.24, 2.45) is 0 Å². The second-order valence-corrected chi connectivity index (χ2v) is 4.32. The van der Waals surface area contributed by atoms with Crippen molar-refractivity contribution in [1.82, 2.24) is 0 Å². The number of benzene rings is 2. The fourth-order valence-electron chi connectivity index (χ4n) is 2.34. The van der Waals surface area contributed by atoms with Crippen LogP contribution in [0.25, 0.3) is 0 Å². The Balaban J connectivity index is 2.40. The molecule has 0 aliphatic heterocycles. The summed E-state index contributed by atoms with van der Waals surface area (Å²) in [6.07, 6.45) is 0. The highest BCUT2D eigenvalue weighted by Gasteiger charge is 2.37. The smallest absolute Gasteiger partial charge is 0.322 e. The number of rotatable bonds is 1. The normalized spacial score (nSPS) is 12.8. The lowest BCUT2D eigenvalue weighted by molar-refractivity contribution is -0.386. The van der Waals surface area contributed by atoms with Gasteiger partial charge in [0.05, 0.1) is 4.92 Å². The molecule has 0 fully saturated rings. The molecular formula is C14H7NO5. The summed E-state index contributed by atoms with van der Waals surface area (Å²) >= 11 is 0. The van der Waals surface area contributed by atoms with Gasteiger partial charge in [0.25, 0.3) is 0 Å². The minimum Gasteiger partial charge on any atom is -0.502 e. The van der Waals surface area contributed by atoms with Crippen LogP contribution >= 0.6 is 0 Å². The highest BCUT2D eigenvalue weighted by molar-refractivity contribution is 6.30. The molecule has 0 aromatic heterocycles. The number of nitro benzene ring substituents is 1. The number of aromatic hydroxyl groups is 1. The van der Waals surface area contributed by atoms with Gasteiger partial charge in [-0.3, -0.25) is 19.7 Å². The van der Waals surface area contributed by atoms with E-state index in [2.05, 4.69) is 0 Å². The van der Waals surface area contributed by atoms with Gasteiger partial charge in [0, 0.05) is 16.7 Å². The molecule has 0 bridgehead atoms. The average molecular weight is 269 g/mol. The second-order valence-electron chi connectivity index (χ2n) is 4.32. The molecule has 0 atom stereocenters. The lowest BCUT2D eigenvalue weighted by Gasteiger charge is -2.17. The van der Waals surface area contributed by atoms with E-state index in [9.17, 15) is 24.8 Å². The van der Waals surface area contributed by atoms with Crippen LogP contribution in [0.4, 0.5) is 5.69 Å². The van der Waals surface area contributed by atoms with Gasteiger partial charge >= 0.3 is 5.69 Å². The number of carbonyl (C=O) groups excluding carboxylic acids is 2. The second kappa shape index (κ2) is 3.99. The van der Waals surface area contributed by atoms with Crippen LogP contribution in [0.2, 0.25) is 0 Å². The van der Waals surface area contributed by atoms with Crippen LogP contribution in [0.5, 0.6) is 5.75 Å². The molecule has 1 N–H and O–H groups in total. The molecule has 0 radical (unpaired) electrons. The van der Waals surface area contributed by atoms with Gasteiger partial charge < -0.3 is 5.11 Å². The third kappa shape index (κ3) is 1.45. The number of nitrogens with zero attached hydrogens (tertiary/aromatic N) is 1. The lowest BCUT2D eigenvalue weighted by Crippen LogP contribution is -2.22. The molecule has 0 saturated heterocycles. The number of phenols is 1. The van der Waals surface area contributed by atoms with Gasteiger partial charge in [0.15, 0.2) is 11.5 Å². The number of fused-ring (bicyclic) bond motifs is 2. The minimum atomic E-state index is -0.854. The number of hydrogen-bond acceptors (Lipinski definition) is 5. The van der Waals surface area contributed by atoms with Crippen molar-refractivity contribution >= 4 is 17.3 Å². The van der Waals surface area contributed by atoms with Crippen LogP contribution in [0.1, 0.15) is 31.8 Å². The maximum Gasteiger partial charge on any atom is 0.322 e. The summed E-state index contributed by atoms with van der Waals surface area (Å²) in [6, 6.07) is 8.40. The number of nitro groups is 1. The standard InChI is InChI=1S/C14H7NO5/c16-10-6-5-9-11(12(10)15(19)20)14(18)8-4-2-1-3-7(8)13(9)17/h1-6,16H. The molecule has 1 aliphatic carbocycles. The van der Waals surface area contributed by atoms with E-state index in [1.165, 1.54) is 18.2 Å². The summed E-state index contributed by atoms with van der Waals surface area (Å²) in [7, 11) is 0. The number of phenolic OH excluding ortho intramolecular Hbond substituents is 1. The van der Waals surface area contributed by atoms with E-state index in [1.54, 1.807) is 12.1 Å². The maximum atomic E-state index is 12.4. The zero-order valence-electron chi connectivity index (χ0n) is 9.99. The lowest BCUT2D eigenvalue weighted by atomic mass is 9.83. The summed E-state index contributed by atoms with van der Waals surface area (Å²) in [4.78, 5) is 34.8. The van der Waals surface area contributed by atoms with Crippen LogP contribution in [0, 0.1) is 10.1 Å². The Hall–Kier alpha value is -3.02. The van der Waals surface area contributed by atoms with Gasteiger partial charge in [-0.2, -0.15) is 0 Å². The molecule has 3 rings (SSSR count). The number of carbonyl (C=O) groups is 2. The highest BCUT2D eigenvalue weighted by Crippen LogP contribution is 2.38. The Labute approximate surface area is 112 Å². The van der Waals surface area contributed by atoms with E-state index in [0.717, 1.165) is 6.07 Å². The zero-order chi connectivity index (χ0) is 14.4. The van der Waals surface area contributed by atoms with Crippen LogP contribution in [0.3, 0.4) is 0 Å². The predicted octanol–water partition coefficient (Wildman–Crippen LogP) is 2.08. The van der Waals surface area contributed by atoms with Crippen molar-refractivity contribution < 1.29 is 19.6 Å². The first kappa shape index (κ1) is 12.0. The van der Waals surface area contributed by atoms with E-state index < -0.39 is 27.9 Å². The quantitative estimate of drug-likeness (QED) is 0.538. The molecule has 20 heavy (non-hydrogen) atoms. The van der Waals surface area contributed by atoms with Crippen molar-refractivity contribution in [3.8, 4) is 5.75 Å². The van der Waals surface area contributed by atoms with Gasteiger partial charge in [-0.05, 0) is 12.1 Å². The van der Waals surface area contributed by atoms with Crippen molar-refractivity contribution in [2.45, 2.75) is 0 Å². The first-order valence-electron chi connectivity index (χ1n) is 5.71. The highest BCUT2D eigenvalue weighted by atomic mass is 16.6. The number of hydrogen-bond donors (Lipinski definition) is 1. The molecule has 0 amide bonds. The Kier molecular flexibility index (Phi) is 2.40. The summed E-state index contributed by atoms with van der Waals surface area (Å²) in [5.41, 5.74) is -0.809. The van der Waals surface area contributed by atoms with Crippen LogP contribution in [0.15, 0.2) is 36.4 Å². The minimum absolute atomic E-state index is 0.0572. The van der Waals surface area contributed by atoms with Gasteiger partial charge in [-0.25, -0.2) is 0 Å². The van der Waals surface area contributed by atoms with E-state index in [4.69, 9.17) is 0 Å². The van der Waals surface area contributed by atoms with Gasteiger partial charge in [-0.15, -0.1) is 0 Å². The molecular weight excluding hydrogens is 262 g/mol. The third-order valence-electron chi connectivity index (χ3n) is 3.23. The third-order valence-corrected chi connectivity index (χ3v) is 3.23. The molecule has 6 nitrogen and oxygen atoms in total. The van der Waals surface area contributed by atoms with Crippen LogP contribution < -0.4 is 0 Å². The van der Waals surface area contributed by atoms with Gasteiger partial charge in [-0.1, -0.05) is 24.3 Å². The van der Waals surface area contributed by atoms with Crippen molar-refractivity contribution in [2.75, 3.05) is 0 Å². The Morgan fingerprint density at radius 2 is 1.50 bits per heavy atom. The Bertz CT molecular complexity index is 794. The molecule has 2 aromatic rings. The predicted molar refractivity (Wildman–Crippen MR) is 68.1 cm³/mol. The monoisotopic (exact) mass is 269 g/mol. The molecule has 98 valence electrons. The molecule has 0 heterocycles. The SMILES string of the molecule is O=C1c2ccccc2C(=O)c2c1ccc(O)c2[N+](=O)[O-]. The van der Waals surface area contributed by atoms with E-state index in [-0.39, 0.29) is 22.3 Å². The fourth-order valence-corrected chi connectivity index (χ4v) is 2.34. The summed E-state index contributed by atoms with van der Waals surface area (Å²) < 4.78 is 0. The molecule has 0 unspecified atom stereocenters. The van der Waals surface area contributed by atoms with Gasteiger partial charge in [0.1, 0.15) is 5.56 Å². The Morgan fingerprint density at radius 1 is 0.900 bits per heavy atom. The largest absolute Gasteiger partial charge is 0.502 e. The average Bonchev–Trinajstić information content (AvgIpc) is 2.44. The first-order valence-corrected chi connectivity index (χ1v) is 5.71. The van der Waals surface area contributed by atoms with Crippen molar-refractivity contribution in [3.05, 3.63) is 68.8 Å². The zero-order valence-corrected chi connectivity index (χ0v) is 9.99. The van der Waals surface area contributed by atoms with Gasteiger partial charge in [0.2, 0.25) is 5.78 Å². The summed E-state index contributed by atoms with van der Waals surface area (Å²) in [5, 5.41) is 20.6. The fraction of sp³-hybridized carbons (Fsp3) is 0. The Morgan fingerprint density at radius 3 is 2.10 bits per heavy atom. The molecule has 6 heteroatoms. The van der Waals surface area contributed by atoms with Crippen LogP contribution in [-0.4, -0.2) is 21.6 Å². The molecule has 0 saturated carbocycles. The number of ketones is 2. The van der Waals surface area contributed by atoms with Crippen LogP contribution in [-0.2, 0) is 0 Å². The molecule has 2 aromatic carbocycles.